The number of carbonyl (C=O) groups excluding carboxylic acids is 3. The van der Waals surface area contributed by atoms with Crippen LogP contribution in [0.25, 0.3) is 0 Å². The minimum Gasteiger partial charge on any atom is -0.384 e. The van der Waals surface area contributed by atoms with Gasteiger partial charge in [-0.25, -0.2) is 0 Å². The Morgan fingerprint density at radius 1 is 1.36 bits per heavy atom. The molecule has 10 nitrogen and oxygen atoms in total. The molecule has 3 amide bonds. The van der Waals surface area contributed by atoms with Crippen molar-refractivity contribution in [3.8, 4) is 0 Å². The molecule has 1 aliphatic rings. The van der Waals surface area contributed by atoms with Crippen molar-refractivity contribution in [3.05, 3.63) is 59.2 Å². The first kappa shape index (κ1) is 23.9. The molecule has 0 aliphatic carbocycles. The van der Waals surface area contributed by atoms with Gasteiger partial charge in [0, 0.05) is 37.1 Å². The van der Waals surface area contributed by atoms with Gasteiger partial charge in [-0.2, -0.15) is 0 Å². The molecular formula is C23H27N5O5. The van der Waals surface area contributed by atoms with Gasteiger partial charge in [0.1, 0.15) is 5.84 Å². The predicted molar refractivity (Wildman–Crippen MR) is 123 cm³/mol. The van der Waals surface area contributed by atoms with Gasteiger partial charge < -0.3 is 30.7 Å². The molecule has 0 saturated carbocycles. The highest BCUT2D eigenvalue weighted by Gasteiger charge is 2.39. The van der Waals surface area contributed by atoms with Crippen molar-refractivity contribution in [2.45, 2.75) is 25.7 Å². The quantitative estimate of drug-likeness (QED) is 0.261. The standard InChI is InChI=1S/C23H27N5O5/c1-14-11-18(8-5-16(14)12-27(2)13-29)28-9-10-33-20(23(28)32)19(30)22(31)26-17-6-3-15(4-7-17)21(24)25/h3-8,11,13,19-20,30H,9-10,12H2,1-2H3,(H3,24,25)(H,26,31). The van der Waals surface area contributed by atoms with Crippen LogP contribution in [0.2, 0.25) is 0 Å². The number of nitrogens with zero attached hydrogens (tertiary/aromatic N) is 2. The molecule has 2 atom stereocenters. The maximum atomic E-state index is 13.0. The Labute approximate surface area is 191 Å². The van der Waals surface area contributed by atoms with Gasteiger partial charge in [-0.1, -0.05) is 6.07 Å². The molecule has 2 aromatic rings. The van der Waals surface area contributed by atoms with E-state index < -0.39 is 24.0 Å². The van der Waals surface area contributed by atoms with Crippen LogP contribution in [-0.2, 0) is 25.7 Å². The van der Waals surface area contributed by atoms with E-state index in [0.717, 1.165) is 17.5 Å². The summed E-state index contributed by atoms with van der Waals surface area (Å²) in [6.45, 7) is 2.77. The van der Waals surface area contributed by atoms with Crippen molar-refractivity contribution >= 4 is 35.4 Å². The van der Waals surface area contributed by atoms with Crippen molar-refractivity contribution in [2.75, 3.05) is 30.4 Å². The monoisotopic (exact) mass is 453 g/mol. The van der Waals surface area contributed by atoms with E-state index in [4.69, 9.17) is 15.9 Å². The number of ether oxygens (including phenoxy) is 1. The first-order chi connectivity index (χ1) is 15.7. The summed E-state index contributed by atoms with van der Waals surface area (Å²) >= 11 is 0. The number of amidine groups is 1. The molecule has 3 rings (SSSR count). The average Bonchev–Trinajstić information content (AvgIpc) is 2.80. The third-order valence-corrected chi connectivity index (χ3v) is 5.38. The number of hydrogen-bond acceptors (Lipinski definition) is 6. The predicted octanol–water partition coefficient (Wildman–Crippen LogP) is 0.599. The molecule has 0 aromatic heterocycles. The van der Waals surface area contributed by atoms with Gasteiger partial charge in [0.15, 0.2) is 12.2 Å². The van der Waals surface area contributed by atoms with Gasteiger partial charge in [-0.3, -0.25) is 19.8 Å². The van der Waals surface area contributed by atoms with Gasteiger partial charge in [-0.15, -0.1) is 0 Å². The topological polar surface area (TPSA) is 149 Å². The molecule has 0 spiro atoms. The first-order valence-corrected chi connectivity index (χ1v) is 10.3. The highest BCUT2D eigenvalue weighted by molar-refractivity contribution is 6.04. The third kappa shape index (κ3) is 5.54. The fourth-order valence-electron chi connectivity index (χ4n) is 3.51. The number of nitrogens with two attached hydrogens (primary N) is 1. The Bertz CT molecular complexity index is 1060. The lowest BCUT2D eigenvalue weighted by Crippen LogP contribution is -2.55. The molecule has 33 heavy (non-hydrogen) atoms. The van der Waals surface area contributed by atoms with E-state index in [-0.39, 0.29) is 19.0 Å². The summed E-state index contributed by atoms with van der Waals surface area (Å²) in [4.78, 5) is 39.4. The molecule has 1 saturated heterocycles. The zero-order valence-electron chi connectivity index (χ0n) is 18.4. The van der Waals surface area contributed by atoms with Crippen LogP contribution in [0, 0.1) is 12.3 Å². The van der Waals surface area contributed by atoms with E-state index in [1.165, 1.54) is 9.80 Å². The largest absolute Gasteiger partial charge is 0.384 e. The lowest BCUT2D eigenvalue weighted by atomic mass is 10.1. The van der Waals surface area contributed by atoms with E-state index in [2.05, 4.69) is 5.32 Å². The Morgan fingerprint density at radius 2 is 2.06 bits per heavy atom. The summed E-state index contributed by atoms with van der Waals surface area (Å²) in [6, 6.07) is 11.7. The summed E-state index contributed by atoms with van der Waals surface area (Å²) in [6.07, 6.45) is -2.32. The third-order valence-electron chi connectivity index (χ3n) is 5.38. The number of rotatable bonds is 8. The van der Waals surface area contributed by atoms with E-state index >= 15 is 0 Å². The van der Waals surface area contributed by atoms with Crippen molar-refractivity contribution in [1.82, 2.24) is 4.90 Å². The molecule has 174 valence electrons. The van der Waals surface area contributed by atoms with Crippen LogP contribution in [0.1, 0.15) is 16.7 Å². The number of benzene rings is 2. The summed E-state index contributed by atoms with van der Waals surface area (Å²) in [5.74, 6) is -1.41. The van der Waals surface area contributed by atoms with Gasteiger partial charge >= 0.3 is 0 Å². The minimum atomic E-state index is -1.71. The Balaban J connectivity index is 1.70. The van der Waals surface area contributed by atoms with Crippen molar-refractivity contribution in [3.63, 3.8) is 0 Å². The minimum absolute atomic E-state index is 0.103. The second-order valence-corrected chi connectivity index (χ2v) is 7.84. The second kappa shape index (κ2) is 10.2. The molecule has 10 heteroatoms. The summed E-state index contributed by atoms with van der Waals surface area (Å²) in [5.41, 5.74) is 8.77. The van der Waals surface area contributed by atoms with Gasteiger partial charge in [-0.05, 0) is 54.4 Å². The number of carbonyl (C=O) groups is 3. The summed E-state index contributed by atoms with van der Waals surface area (Å²) in [7, 11) is 1.68. The average molecular weight is 453 g/mol. The molecule has 5 N–H and O–H groups in total. The van der Waals surface area contributed by atoms with Gasteiger partial charge in [0.2, 0.25) is 6.41 Å². The highest BCUT2D eigenvalue weighted by Crippen LogP contribution is 2.24. The number of amides is 3. The van der Waals surface area contributed by atoms with Crippen molar-refractivity contribution < 1.29 is 24.2 Å². The molecule has 1 heterocycles. The van der Waals surface area contributed by atoms with E-state index in [1.54, 1.807) is 37.4 Å². The molecule has 1 fully saturated rings. The van der Waals surface area contributed by atoms with Crippen molar-refractivity contribution in [2.24, 2.45) is 5.73 Å². The Hall–Kier alpha value is -3.76. The molecule has 2 unspecified atom stereocenters. The maximum absolute atomic E-state index is 13.0. The highest BCUT2D eigenvalue weighted by atomic mass is 16.5. The van der Waals surface area contributed by atoms with Crippen LogP contribution in [0.3, 0.4) is 0 Å². The maximum Gasteiger partial charge on any atom is 0.259 e. The lowest BCUT2D eigenvalue weighted by molar-refractivity contribution is -0.150. The number of aliphatic hydroxyl groups excluding tert-OH is 1. The van der Waals surface area contributed by atoms with Crippen LogP contribution in [0.4, 0.5) is 11.4 Å². The molecule has 0 radical (unpaired) electrons. The number of morpholine rings is 1. The van der Waals surface area contributed by atoms with Gasteiger partial charge in [0.25, 0.3) is 11.8 Å². The lowest BCUT2D eigenvalue weighted by Gasteiger charge is -2.34. The number of hydrogen-bond donors (Lipinski definition) is 4. The van der Waals surface area contributed by atoms with Crippen LogP contribution in [0.5, 0.6) is 0 Å². The molecule has 1 aliphatic heterocycles. The van der Waals surface area contributed by atoms with Crippen LogP contribution < -0.4 is 16.0 Å². The molecule has 2 aromatic carbocycles. The summed E-state index contributed by atoms with van der Waals surface area (Å²) in [5, 5.41) is 20.5. The fraction of sp³-hybridized carbons (Fsp3) is 0.304. The zero-order chi connectivity index (χ0) is 24.1. The fourth-order valence-corrected chi connectivity index (χ4v) is 3.51. The normalized spacial score (nSPS) is 16.8. The Kier molecular flexibility index (Phi) is 7.41. The Morgan fingerprint density at radius 3 is 2.67 bits per heavy atom. The second-order valence-electron chi connectivity index (χ2n) is 7.84. The van der Waals surface area contributed by atoms with Gasteiger partial charge in [0.05, 0.1) is 6.61 Å². The van der Waals surface area contributed by atoms with Crippen molar-refractivity contribution in [1.29, 1.82) is 5.41 Å². The number of nitrogens with one attached hydrogen (secondary N) is 2. The number of aliphatic hydroxyl groups is 1. The smallest absolute Gasteiger partial charge is 0.259 e. The molecule has 0 bridgehead atoms. The zero-order valence-corrected chi connectivity index (χ0v) is 18.4. The van der Waals surface area contributed by atoms with E-state index in [9.17, 15) is 19.5 Å². The number of anilines is 2. The molecular weight excluding hydrogens is 426 g/mol. The SMILES string of the molecule is Cc1cc(N2CCOC(C(O)C(=O)Nc3ccc(C(=N)N)cc3)C2=O)ccc1CN(C)C=O. The van der Waals surface area contributed by atoms with Crippen LogP contribution in [-0.4, -0.2) is 66.5 Å². The van der Waals surface area contributed by atoms with Crippen LogP contribution >= 0.6 is 0 Å². The summed E-state index contributed by atoms with van der Waals surface area (Å²) < 4.78 is 5.44. The van der Waals surface area contributed by atoms with Crippen LogP contribution in [0.15, 0.2) is 42.5 Å². The number of nitrogen functional groups attached to an aromatic ring is 1. The first-order valence-electron chi connectivity index (χ1n) is 10.3. The van der Waals surface area contributed by atoms with E-state index in [0.29, 0.717) is 23.5 Å². The number of aryl methyl sites for hydroxylation is 1. The van der Waals surface area contributed by atoms with E-state index in [1.807, 2.05) is 19.1 Å².